The van der Waals surface area contributed by atoms with Crippen molar-refractivity contribution in [2.45, 2.75) is 0 Å². The van der Waals surface area contributed by atoms with Crippen LogP contribution in [0.25, 0.3) is 0 Å². The van der Waals surface area contributed by atoms with Crippen molar-refractivity contribution in [3.05, 3.63) is 0 Å². The minimum absolute atomic E-state index is 0. The molecule has 4 N–H and O–H groups in total. The molecule has 0 spiro atoms. The van der Waals surface area contributed by atoms with Crippen LogP contribution in [0.15, 0.2) is 0 Å². The molecule has 5 nitrogen and oxygen atoms in total. The zero-order chi connectivity index (χ0) is 6.99. The van der Waals surface area contributed by atoms with Gasteiger partial charge in [-0.25, -0.2) is 0 Å². The van der Waals surface area contributed by atoms with Gasteiger partial charge in [0.1, 0.15) is 0 Å². The fourth-order valence-electron chi connectivity index (χ4n) is 0. The first-order valence-corrected chi connectivity index (χ1v) is 3.91. The molecule has 0 saturated heterocycles. The molecule has 0 aromatic carbocycles. The summed E-state index contributed by atoms with van der Waals surface area (Å²) in [5.74, 6) is 0. The van der Waals surface area contributed by atoms with Crippen molar-refractivity contribution in [1.29, 1.82) is 0 Å². The zero-order valence-electron chi connectivity index (χ0n) is 5.11. The molecule has 0 aliphatic carbocycles. The fraction of sp³-hybridized carbons (Fsp3) is 1.00. The number of rotatable bonds is 1. The Hall–Kier alpha value is 1.16. The van der Waals surface area contributed by atoms with E-state index in [1.165, 1.54) is 0 Å². The summed E-state index contributed by atoms with van der Waals surface area (Å²) in [5, 5.41) is 7.75. The molecule has 0 bridgehead atoms. The van der Waals surface area contributed by atoms with Crippen LogP contribution < -0.4 is 39.5 Å². The molecule has 0 aliphatic rings. The molecule has 0 radical (unpaired) electrons. The van der Waals surface area contributed by atoms with E-state index in [0.29, 0.717) is 6.54 Å². The van der Waals surface area contributed by atoms with Crippen LogP contribution in [0.4, 0.5) is 0 Å². The first-order valence-electron chi connectivity index (χ1n) is 1.74. The Kier molecular flexibility index (Phi) is 29.7. The molecule has 7 heteroatoms. The van der Waals surface area contributed by atoms with E-state index >= 15 is 0 Å². The Labute approximate surface area is 79.9 Å². The summed E-state index contributed by atoms with van der Waals surface area (Å²) in [6.07, 6.45) is 0. The van der Waals surface area contributed by atoms with Crippen molar-refractivity contribution in [2.75, 3.05) is 13.2 Å². The SMILES string of the molecule is NCCO.O=[Se]([O-])O.[Na+]. The molecule has 0 aromatic heterocycles. The van der Waals surface area contributed by atoms with Gasteiger partial charge in [-0.1, -0.05) is 0 Å². The molecule has 0 aliphatic heterocycles. The third-order valence-electron chi connectivity index (χ3n) is 0.129. The molecule has 52 valence electrons. The number of nitrogens with two attached hydrogens (primary N) is 1. The molecule has 0 fully saturated rings. The molecule has 1 unspecified atom stereocenters. The second-order valence-electron chi connectivity index (χ2n) is 0.729. The average molecular weight is 212 g/mol. The minimum Gasteiger partial charge on any atom is 1.00 e. The summed E-state index contributed by atoms with van der Waals surface area (Å²) in [6, 6.07) is 0. The molecule has 0 aromatic rings. The normalized spacial score (nSPS) is 10.2. The van der Waals surface area contributed by atoms with Crippen LogP contribution in [0.5, 0.6) is 0 Å². The first kappa shape index (κ1) is 16.6. The van der Waals surface area contributed by atoms with Crippen molar-refractivity contribution in [1.82, 2.24) is 0 Å². The van der Waals surface area contributed by atoms with Gasteiger partial charge >= 0.3 is 56.3 Å². The van der Waals surface area contributed by atoms with Crippen LogP contribution >= 0.6 is 0 Å². The summed E-state index contributed by atoms with van der Waals surface area (Å²) >= 11 is -3.54. The maximum absolute atomic E-state index is 8.65. The first-order chi connectivity index (χ1) is 3.65. The molecule has 9 heavy (non-hydrogen) atoms. The quantitative estimate of drug-likeness (QED) is 0.375. The zero-order valence-corrected chi connectivity index (χ0v) is 8.82. The third-order valence-corrected chi connectivity index (χ3v) is 0.129. The standard InChI is InChI=1S/C2H7NO.Na.H2O3Se/c3-1-2-4;;1-4(2)3/h4H,1-3H2;;(H2,1,2,3)/q;+1;/p-1. The number of aliphatic hydroxyl groups is 1. The second-order valence-corrected chi connectivity index (χ2v) is 1.64. The van der Waals surface area contributed by atoms with Crippen LogP contribution in [0, 0.1) is 0 Å². The molecule has 1 atom stereocenters. The van der Waals surface area contributed by atoms with Crippen molar-refractivity contribution < 1.29 is 46.9 Å². The monoisotopic (exact) mass is 213 g/mol. The van der Waals surface area contributed by atoms with Crippen LogP contribution in [-0.4, -0.2) is 36.9 Å². The molecular formula is C2H8NNaO4Se. The van der Waals surface area contributed by atoms with Crippen molar-refractivity contribution in [2.24, 2.45) is 5.73 Å². The Balaban J connectivity index is -0.0000000720. The minimum atomic E-state index is -3.54. The Bertz CT molecular complexity index is 56.5. The molecule has 0 rings (SSSR count). The number of hydrogen-bond donors (Lipinski definition) is 3. The van der Waals surface area contributed by atoms with Crippen molar-refractivity contribution in [3.8, 4) is 0 Å². The van der Waals surface area contributed by atoms with Crippen LogP contribution in [0.3, 0.4) is 0 Å². The van der Waals surface area contributed by atoms with E-state index in [2.05, 4.69) is 0 Å². The van der Waals surface area contributed by atoms with Gasteiger partial charge in [0.25, 0.3) is 0 Å². The van der Waals surface area contributed by atoms with Gasteiger partial charge in [-0.3, -0.25) is 0 Å². The summed E-state index contributed by atoms with van der Waals surface area (Å²) in [5.41, 5.74) is 4.78. The maximum atomic E-state index is 8.65. The van der Waals surface area contributed by atoms with Gasteiger partial charge in [-0.15, -0.1) is 0 Å². The largest absolute Gasteiger partial charge is 1.00 e. The van der Waals surface area contributed by atoms with E-state index < -0.39 is 14.5 Å². The van der Waals surface area contributed by atoms with Gasteiger partial charge in [0.15, 0.2) is 0 Å². The summed E-state index contributed by atoms with van der Waals surface area (Å²) in [4.78, 5) is 0. The van der Waals surface area contributed by atoms with Gasteiger partial charge < -0.3 is 10.8 Å². The Morgan fingerprint density at radius 3 is 1.78 bits per heavy atom. The van der Waals surface area contributed by atoms with Crippen molar-refractivity contribution >= 4 is 14.5 Å². The number of hydrogen-bond acceptors (Lipinski definition) is 4. The number of aliphatic hydroxyl groups excluding tert-OH is 1. The van der Waals surface area contributed by atoms with E-state index in [1.54, 1.807) is 0 Å². The van der Waals surface area contributed by atoms with Gasteiger partial charge in [-0.05, 0) is 0 Å². The van der Waals surface area contributed by atoms with E-state index in [4.69, 9.17) is 23.1 Å². The van der Waals surface area contributed by atoms with E-state index in [1.807, 2.05) is 0 Å². The van der Waals surface area contributed by atoms with Crippen molar-refractivity contribution in [3.63, 3.8) is 0 Å². The van der Waals surface area contributed by atoms with Gasteiger partial charge in [-0.2, -0.15) is 0 Å². The Morgan fingerprint density at radius 2 is 1.78 bits per heavy atom. The fourth-order valence-corrected chi connectivity index (χ4v) is 0. The summed E-state index contributed by atoms with van der Waals surface area (Å²) < 4.78 is 24.4. The molecule has 0 saturated carbocycles. The maximum Gasteiger partial charge on any atom is 1.00 e. The van der Waals surface area contributed by atoms with Crippen LogP contribution in [0.1, 0.15) is 0 Å². The predicted octanol–water partition coefficient (Wildman–Crippen LogP) is -6.30. The predicted molar refractivity (Wildman–Crippen MR) is 24.8 cm³/mol. The molecular weight excluding hydrogens is 204 g/mol. The van der Waals surface area contributed by atoms with Crippen LogP contribution in [0.2, 0.25) is 0 Å². The smallest absolute Gasteiger partial charge is 1.00 e. The van der Waals surface area contributed by atoms with E-state index in [9.17, 15) is 0 Å². The van der Waals surface area contributed by atoms with E-state index in [-0.39, 0.29) is 36.2 Å². The van der Waals surface area contributed by atoms with Gasteiger partial charge in [0.05, 0.1) is 6.61 Å². The van der Waals surface area contributed by atoms with Crippen LogP contribution in [-0.2, 0) is 3.83 Å². The summed E-state index contributed by atoms with van der Waals surface area (Å²) in [6.45, 7) is 0.472. The topological polar surface area (TPSA) is 107 Å². The van der Waals surface area contributed by atoms with Gasteiger partial charge in [0.2, 0.25) is 0 Å². The summed E-state index contributed by atoms with van der Waals surface area (Å²) in [7, 11) is 0. The second kappa shape index (κ2) is 16.1. The third kappa shape index (κ3) is 101. The molecule has 0 amide bonds. The Morgan fingerprint density at radius 1 is 1.67 bits per heavy atom. The van der Waals surface area contributed by atoms with E-state index in [0.717, 1.165) is 0 Å². The molecule has 0 heterocycles. The van der Waals surface area contributed by atoms with Gasteiger partial charge in [0, 0.05) is 6.54 Å². The average Bonchev–Trinajstić information content (AvgIpc) is 1.65.